The third kappa shape index (κ3) is 2.99. The highest BCUT2D eigenvalue weighted by Gasteiger charge is 2.08. The first-order valence-corrected chi connectivity index (χ1v) is 4.98. The predicted molar refractivity (Wildman–Crippen MR) is 62.1 cm³/mol. The van der Waals surface area contributed by atoms with Crippen LogP contribution in [0.1, 0.15) is 23.8 Å². The summed E-state index contributed by atoms with van der Waals surface area (Å²) in [6, 6.07) is 3.33. The van der Waals surface area contributed by atoms with Crippen LogP contribution in [0.3, 0.4) is 0 Å². The molecule has 1 N–H and O–H groups in total. The fourth-order valence-corrected chi connectivity index (χ4v) is 1.20. The molecule has 4 nitrogen and oxygen atoms in total. The number of methoxy groups -OCH3 is 1. The summed E-state index contributed by atoms with van der Waals surface area (Å²) < 4.78 is 4.58. The maximum atomic E-state index is 11.2. The second kappa shape index (κ2) is 5.76. The molecule has 4 heteroatoms. The fraction of sp³-hybridized carbons (Fsp3) is 0.333. The summed E-state index contributed by atoms with van der Waals surface area (Å²) in [7, 11) is 1.32. The Kier molecular flexibility index (Phi) is 4.34. The quantitative estimate of drug-likeness (QED) is 0.617. The van der Waals surface area contributed by atoms with Crippen molar-refractivity contribution in [2.45, 2.75) is 19.4 Å². The van der Waals surface area contributed by atoms with E-state index in [2.05, 4.69) is 21.0 Å². The number of nitrogens with zero attached hydrogens (tertiary/aromatic N) is 1. The third-order valence-electron chi connectivity index (χ3n) is 2.10. The van der Waals surface area contributed by atoms with Crippen LogP contribution in [0.15, 0.2) is 18.3 Å². The van der Waals surface area contributed by atoms with E-state index >= 15 is 0 Å². The molecule has 1 unspecified atom stereocenters. The van der Waals surface area contributed by atoms with E-state index in [1.165, 1.54) is 13.3 Å². The number of hydrogen-bond donors (Lipinski definition) is 1. The summed E-state index contributed by atoms with van der Waals surface area (Å²) in [6.07, 6.45) is 7.69. The highest BCUT2D eigenvalue weighted by atomic mass is 16.5. The van der Waals surface area contributed by atoms with Gasteiger partial charge in [-0.05, 0) is 18.6 Å². The molecule has 1 aromatic heterocycles. The first-order valence-electron chi connectivity index (χ1n) is 4.98. The van der Waals surface area contributed by atoms with E-state index < -0.39 is 5.97 Å². The van der Waals surface area contributed by atoms with E-state index in [0.717, 1.165) is 12.1 Å². The zero-order valence-corrected chi connectivity index (χ0v) is 9.36. The van der Waals surface area contributed by atoms with Crippen molar-refractivity contribution in [3.8, 4) is 12.3 Å². The Morgan fingerprint density at radius 2 is 2.50 bits per heavy atom. The Labute approximate surface area is 95.0 Å². The van der Waals surface area contributed by atoms with Crippen LogP contribution in [-0.4, -0.2) is 24.1 Å². The van der Waals surface area contributed by atoms with Crippen molar-refractivity contribution in [2.24, 2.45) is 0 Å². The second-order valence-corrected chi connectivity index (χ2v) is 3.19. The Bertz CT molecular complexity index is 410. The number of carbonyl (C=O) groups is 1. The van der Waals surface area contributed by atoms with Crippen molar-refractivity contribution in [2.75, 3.05) is 12.4 Å². The number of rotatable bonds is 4. The monoisotopic (exact) mass is 218 g/mol. The number of pyridine rings is 1. The van der Waals surface area contributed by atoms with Crippen LogP contribution < -0.4 is 5.32 Å². The molecule has 0 aliphatic rings. The van der Waals surface area contributed by atoms with Gasteiger partial charge in [-0.1, -0.05) is 12.8 Å². The van der Waals surface area contributed by atoms with Crippen LogP contribution in [0.2, 0.25) is 0 Å². The molecule has 84 valence electrons. The molecular formula is C12H14N2O2. The Morgan fingerprint density at radius 3 is 3.06 bits per heavy atom. The topological polar surface area (TPSA) is 51.2 Å². The second-order valence-electron chi connectivity index (χ2n) is 3.19. The van der Waals surface area contributed by atoms with Crippen molar-refractivity contribution in [1.29, 1.82) is 0 Å². The molecule has 0 radical (unpaired) electrons. The van der Waals surface area contributed by atoms with Gasteiger partial charge < -0.3 is 10.1 Å². The number of terminal acetylenes is 1. The van der Waals surface area contributed by atoms with Gasteiger partial charge in [0.05, 0.1) is 13.2 Å². The molecule has 0 spiro atoms. The number of aromatic nitrogens is 1. The maximum absolute atomic E-state index is 11.2. The Morgan fingerprint density at radius 1 is 1.75 bits per heavy atom. The first kappa shape index (κ1) is 12.1. The van der Waals surface area contributed by atoms with Gasteiger partial charge in [0.25, 0.3) is 0 Å². The van der Waals surface area contributed by atoms with Crippen molar-refractivity contribution < 1.29 is 9.53 Å². The molecule has 0 amide bonds. The fourth-order valence-electron chi connectivity index (χ4n) is 1.20. The van der Waals surface area contributed by atoms with E-state index in [1.54, 1.807) is 12.1 Å². The molecule has 0 fully saturated rings. The van der Waals surface area contributed by atoms with E-state index in [0.29, 0.717) is 0 Å². The minimum atomic E-state index is -0.461. The molecule has 0 aromatic carbocycles. The van der Waals surface area contributed by atoms with Crippen molar-refractivity contribution >= 4 is 11.7 Å². The molecule has 0 aliphatic carbocycles. The number of carbonyl (C=O) groups excluding carboxylic acids is 1. The lowest BCUT2D eigenvalue weighted by atomic mass is 10.2. The Balaban J connectivity index is 2.83. The number of hydrogen-bond acceptors (Lipinski definition) is 4. The first-order chi connectivity index (χ1) is 7.71. The third-order valence-corrected chi connectivity index (χ3v) is 2.10. The number of ether oxygens (including phenoxy) is 1. The van der Waals surface area contributed by atoms with E-state index in [4.69, 9.17) is 6.42 Å². The van der Waals surface area contributed by atoms with Gasteiger partial charge >= 0.3 is 5.97 Å². The van der Waals surface area contributed by atoms with Crippen LogP contribution in [0.25, 0.3) is 0 Å². The minimum absolute atomic E-state index is 0.0482. The van der Waals surface area contributed by atoms with Gasteiger partial charge in [0, 0.05) is 11.9 Å². The van der Waals surface area contributed by atoms with Crippen molar-refractivity contribution in [3.63, 3.8) is 0 Å². The lowest BCUT2D eigenvalue weighted by Gasteiger charge is -2.12. The lowest BCUT2D eigenvalue weighted by molar-refractivity contribution is 0.0594. The predicted octanol–water partition coefficient (Wildman–Crippen LogP) is 1.69. The summed E-state index contributed by atoms with van der Waals surface area (Å²) in [6.45, 7) is 1.99. The van der Waals surface area contributed by atoms with Crippen molar-refractivity contribution in [1.82, 2.24) is 4.98 Å². The van der Waals surface area contributed by atoms with Gasteiger partial charge in [0.15, 0.2) is 0 Å². The average molecular weight is 218 g/mol. The van der Waals surface area contributed by atoms with Crippen LogP contribution in [-0.2, 0) is 4.74 Å². The van der Waals surface area contributed by atoms with Crippen LogP contribution >= 0.6 is 0 Å². The summed E-state index contributed by atoms with van der Waals surface area (Å²) >= 11 is 0. The normalized spacial score (nSPS) is 11.3. The minimum Gasteiger partial charge on any atom is -0.464 e. The molecule has 1 atom stereocenters. The zero-order chi connectivity index (χ0) is 12.0. The van der Waals surface area contributed by atoms with Gasteiger partial charge in [-0.25, -0.2) is 9.78 Å². The number of esters is 1. The molecule has 1 heterocycles. The van der Waals surface area contributed by atoms with Gasteiger partial charge in [-0.15, -0.1) is 6.42 Å². The smallest absolute Gasteiger partial charge is 0.356 e. The average Bonchev–Trinajstić information content (AvgIpc) is 2.35. The molecule has 0 bridgehead atoms. The largest absolute Gasteiger partial charge is 0.464 e. The molecule has 0 saturated carbocycles. The summed E-state index contributed by atoms with van der Waals surface area (Å²) in [5, 5.41) is 3.11. The van der Waals surface area contributed by atoms with Crippen LogP contribution in [0, 0.1) is 12.3 Å². The number of anilines is 1. The van der Waals surface area contributed by atoms with E-state index in [-0.39, 0.29) is 11.7 Å². The maximum Gasteiger partial charge on any atom is 0.356 e. The van der Waals surface area contributed by atoms with Gasteiger partial charge in [0.2, 0.25) is 0 Å². The summed E-state index contributed by atoms with van der Waals surface area (Å²) in [5.41, 5.74) is 1.03. The molecule has 1 rings (SSSR count). The molecule has 0 saturated heterocycles. The van der Waals surface area contributed by atoms with Gasteiger partial charge in [-0.2, -0.15) is 0 Å². The highest BCUT2D eigenvalue weighted by molar-refractivity contribution is 5.88. The molecule has 16 heavy (non-hydrogen) atoms. The molecular weight excluding hydrogens is 204 g/mol. The molecule has 1 aromatic rings. The SMILES string of the molecule is C#CC(CC)Nc1ccnc(C(=O)OC)c1. The number of nitrogens with one attached hydrogen (secondary N) is 1. The van der Waals surface area contributed by atoms with E-state index in [1.807, 2.05) is 6.92 Å². The van der Waals surface area contributed by atoms with Crippen LogP contribution in [0.4, 0.5) is 5.69 Å². The summed E-state index contributed by atoms with van der Waals surface area (Å²) in [4.78, 5) is 15.1. The zero-order valence-electron chi connectivity index (χ0n) is 9.36. The van der Waals surface area contributed by atoms with Gasteiger partial charge in [-0.3, -0.25) is 0 Å². The standard InChI is InChI=1S/C12H14N2O2/c1-4-9(5-2)14-10-6-7-13-11(8-10)12(15)16-3/h1,6-9H,5H2,2-3H3,(H,13,14). The van der Waals surface area contributed by atoms with Gasteiger partial charge in [0.1, 0.15) is 5.69 Å². The highest BCUT2D eigenvalue weighted by Crippen LogP contribution is 2.11. The van der Waals surface area contributed by atoms with E-state index in [9.17, 15) is 4.79 Å². The molecule has 0 aliphatic heterocycles. The van der Waals surface area contributed by atoms with Crippen molar-refractivity contribution in [3.05, 3.63) is 24.0 Å². The Hall–Kier alpha value is -2.02. The van der Waals surface area contributed by atoms with Crippen LogP contribution in [0.5, 0.6) is 0 Å². The lowest BCUT2D eigenvalue weighted by Crippen LogP contribution is -2.16. The summed E-state index contributed by atoms with van der Waals surface area (Å²) in [5.74, 6) is 2.15.